The van der Waals surface area contributed by atoms with E-state index < -0.39 is 0 Å². The lowest BCUT2D eigenvalue weighted by atomic mass is 10.2. The topological polar surface area (TPSA) is 52.2 Å². The molecule has 3 aromatic rings. The SMILES string of the molecule is Cc1nn(C)c(Oc2ccccc2)c1CN[C@@H](C)c1ccco1. The molecule has 0 unspecified atom stereocenters. The first-order chi connectivity index (χ1) is 11.1. The van der Waals surface area contributed by atoms with Gasteiger partial charge in [0.1, 0.15) is 11.5 Å². The summed E-state index contributed by atoms with van der Waals surface area (Å²) in [5.74, 6) is 2.47. The van der Waals surface area contributed by atoms with Gasteiger partial charge in [0.2, 0.25) is 5.88 Å². The molecule has 2 aromatic heterocycles. The number of rotatable bonds is 6. The molecule has 5 heteroatoms. The number of hydrogen-bond acceptors (Lipinski definition) is 4. The Labute approximate surface area is 135 Å². The third-order valence-electron chi connectivity index (χ3n) is 3.80. The highest BCUT2D eigenvalue weighted by atomic mass is 16.5. The second kappa shape index (κ2) is 6.71. The number of furan rings is 1. The number of aryl methyl sites for hydroxylation is 2. The molecule has 1 aromatic carbocycles. The molecule has 23 heavy (non-hydrogen) atoms. The Kier molecular flexibility index (Phi) is 4.48. The van der Waals surface area contributed by atoms with Gasteiger partial charge in [-0.05, 0) is 38.1 Å². The van der Waals surface area contributed by atoms with Crippen molar-refractivity contribution in [3.8, 4) is 11.6 Å². The number of aromatic nitrogens is 2. The van der Waals surface area contributed by atoms with E-state index in [1.807, 2.05) is 56.4 Å². The lowest BCUT2D eigenvalue weighted by molar-refractivity contribution is 0.410. The zero-order valence-corrected chi connectivity index (χ0v) is 13.6. The summed E-state index contributed by atoms with van der Waals surface area (Å²) in [4.78, 5) is 0. The minimum absolute atomic E-state index is 0.120. The highest BCUT2D eigenvalue weighted by Gasteiger charge is 2.17. The molecule has 0 spiro atoms. The van der Waals surface area contributed by atoms with Crippen LogP contribution in [0.15, 0.2) is 53.1 Å². The summed E-state index contributed by atoms with van der Waals surface area (Å²) in [7, 11) is 1.89. The van der Waals surface area contributed by atoms with E-state index in [2.05, 4.69) is 17.3 Å². The van der Waals surface area contributed by atoms with Crippen molar-refractivity contribution in [1.82, 2.24) is 15.1 Å². The molecule has 0 amide bonds. The number of para-hydroxylation sites is 1. The fraction of sp³-hybridized carbons (Fsp3) is 0.278. The molecule has 0 aliphatic heterocycles. The lowest BCUT2D eigenvalue weighted by Crippen LogP contribution is -2.18. The van der Waals surface area contributed by atoms with Crippen molar-refractivity contribution in [3.63, 3.8) is 0 Å². The van der Waals surface area contributed by atoms with Crippen LogP contribution < -0.4 is 10.1 Å². The van der Waals surface area contributed by atoms with E-state index in [1.54, 1.807) is 10.9 Å². The van der Waals surface area contributed by atoms with Crippen molar-refractivity contribution >= 4 is 0 Å². The van der Waals surface area contributed by atoms with Crippen LogP contribution in [0.25, 0.3) is 0 Å². The minimum Gasteiger partial charge on any atom is -0.468 e. The first kappa shape index (κ1) is 15.4. The Balaban J connectivity index is 1.76. The maximum absolute atomic E-state index is 6.02. The molecule has 0 saturated heterocycles. The fourth-order valence-corrected chi connectivity index (χ4v) is 2.51. The number of hydrogen-bond donors (Lipinski definition) is 1. The Morgan fingerprint density at radius 2 is 2.00 bits per heavy atom. The number of benzene rings is 1. The average molecular weight is 311 g/mol. The summed E-state index contributed by atoms with van der Waals surface area (Å²) in [6, 6.07) is 13.7. The Morgan fingerprint density at radius 1 is 1.22 bits per heavy atom. The largest absolute Gasteiger partial charge is 0.468 e. The van der Waals surface area contributed by atoms with E-state index in [1.165, 1.54) is 0 Å². The quantitative estimate of drug-likeness (QED) is 0.748. The van der Waals surface area contributed by atoms with Crippen LogP contribution in [-0.2, 0) is 13.6 Å². The predicted molar refractivity (Wildman–Crippen MR) is 88.4 cm³/mol. The molecule has 0 saturated carbocycles. The van der Waals surface area contributed by atoms with Crippen LogP contribution in [0, 0.1) is 6.92 Å². The van der Waals surface area contributed by atoms with E-state index >= 15 is 0 Å². The second-order valence-corrected chi connectivity index (χ2v) is 5.53. The zero-order chi connectivity index (χ0) is 16.2. The smallest absolute Gasteiger partial charge is 0.222 e. The first-order valence-electron chi connectivity index (χ1n) is 7.67. The van der Waals surface area contributed by atoms with Crippen molar-refractivity contribution in [2.24, 2.45) is 7.05 Å². The molecule has 1 N–H and O–H groups in total. The summed E-state index contributed by atoms with van der Waals surface area (Å²) in [5.41, 5.74) is 2.01. The van der Waals surface area contributed by atoms with Crippen LogP contribution in [0.1, 0.15) is 30.0 Å². The first-order valence-corrected chi connectivity index (χ1v) is 7.67. The van der Waals surface area contributed by atoms with E-state index in [0.717, 1.165) is 28.6 Å². The van der Waals surface area contributed by atoms with Gasteiger partial charge in [-0.2, -0.15) is 5.10 Å². The third kappa shape index (κ3) is 3.46. The van der Waals surface area contributed by atoms with E-state index in [9.17, 15) is 0 Å². The number of ether oxygens (including phenoxy) is 1. The van der Waals surface area contributed by atoms with Gasteiger partial charge in [0, 0.05) is 13.6 Å². The molecular formula is C18H21N3O2. The Morgan fingerprint density at radius 3 is 2.70 bits per heavy atom. The lowest BCUT2D eigenvalue weighted by Gasteiger charge is -2.13. The van der Waals surface area contributed by atoms with Crippen molar-refractivity contribution in [2.45, 2.75) is 26.4 Å². The van der Waals surface area contributed by atoms with Gasteiger partial charge in [0.15, 0.2) is 0 Å². The molecule has 2 heterocycles. The van der Waals surface area contributed by atoms with Crippen LogP contribution >= 0.6 is 0 Å². The maximum Gasteiger partial charge on any atom is 0.222 e. The van der Waals surface area contributed by atoms with Gasteiger partial charge < -0.3 is 14.5 Å². The molecule has 0 radical (unpaired) electrons. The summed E-state index contributed by atoms with van der Waals surface area (Å²) < 4.78 is 13.2. The van der Waals surface area contributed by atoms with Gasteiger partial charge in [-0.25, -0.2) is 4.68 Å². The Bertz CT molecular complexity index is 748. The van der Waals surface area contributed by atoms with Crippen LogP contribution in [-0.4, -0.2) is 9.78 Å². The highest BCUT2D eigenvalue weighted by Crippen LogP contribution is 2.27. The van der Waals surface area contributed by atoms with E-state index in [0.29, 0.717) is 6.54 Å². The van der Waals surface area contributed by atoms with Gasteiger partial charge in [-0.15, -0.1) is 0 Å². The maximum atomic E-state index is 6.02. The van der Waals surface area contributed by atoms with Crippen LogP contribution in [0.4, 0.5) is 0 Å². The summed E-state index contributed by atoms with van der Waals surface area (Å²) in [6.07, 6.45) is 1.69. The van der Waals surface area contributed by atoms with Crippen LogP contribution in [0.3, 0.4) is 0 Å². The van der Waals surface area contributed by atoms with E-state index in [-0.39, 0.29) is 6.04 Å². The van der Waals surface area contributed by atoms with Crippen molar-refractivity contribution in [3.05, 3.63) is 65.7 Å². The fourth-order valence-electron chi connectivity index (χ4n) is 2.51. The standard InChI is InChI=1S/C18H21N3O2/c1-13-16(12-19-14(2)17-10-7-11-22-17)18(21(3)20-13)23-15-8-5-4-6-9-15/h4-11,14,19H,12H2,1-3H3/t14-/m0/s1. The summed E-state index contributed by atoms with van der Waals surface area (Å²) in [6.45, 7) is 4.72. The van der Waals surface area contributed by atoms with E-state index in [4.69, 9.17) is 9.15 Å². The molecule has 3 rings (SSSR count). The van der Waals surface area contributed by atoms with Crippen LogP contribution in [0.5, 0.6) is 11.6 Å². The third-order valence-corrected chi connectivity index (χ3v) is 3.80. The van der Waals surface area contributed by atoms with Gasteiger partial charge in [-0.1, -0.05) is 18.2 Å². The molecule has 0 fully saturated rings. The molecule has 0 aliphatic rings. The van der Waals surface area contributed by atoms with Crippen molar-refractivity contribution in [1.29, 1.82) is 0 Å². The van der Waals surface area contributed by atoms with Gasteiger partial charge in [-0.3, -0.25) is 0 Å². The number of nitrogens with zero attached hydrogens (tertiary/aromatic N) is 2. The number of nitrogens with one attached hydrogen (secondary N) is 1. The molecule has 0 aliphatic carbocycles. The monoisotopic (exact) mass is 311 g/mol. The zero-order valence-electron chi connectivity index (χ0n) is 13.6. The average Bonchev–Trinajstić information content (AvgIpc) is 3.16. The molecular weight excluding hydrogens is 290 g/mol. The summed E-state index contributed by atoms with van der Waals surface area (Å²) in [5, 5.41) is 7.93. The molecule has 5 nitrogen and oxygen atoms in total. The predicted octanol–water partition coefficient (Wildman–Crippen LogP) is 3.96. The normalized spacial score (nSPS) is 12.3. The van der Waals surface area contributed by atoms with Crippen molar-refractivity contribution in [2.75, 3.05) is 0 Å². The molecule has 0 bridgehead atoms. The highest BCUT2D eigenvalue weighted by molar-refractivity contribution is 5.35. The van der Waals surface area contributed by atoms with Gasteiger partial charge in [0.25, 0.3) is 0 Å². The molecule has 120 valence electrons. The Hall–Kier alpha value is -2.53. The second-order valence-electron chi connectivity index (χ2n) is 5.53. The summed E-state index contributed by atoms with van der Waals surface area (Å²) >= 11 is 0. The van der Waals surface area contributed by atoms with Crippen molar-refractivity contribution < 1.29 is 9.15 Å². The van der Waals surface area contributed by atoms with Gasteiger partial charge in [0.05, 0.1) is 23.6 Å². The van der Waals surface area contributed by atoms with Crippen LogP contribution in [0.2, 0.25) is 0 Å². The van der Waals surface area contributed by atoms with Gasteiger partial charge >= 0.3 is 0 Å². The molecule has 1 atom stereocenters. The minimum atomic E-state index is 0.120.